The fourth-order valence-corrected chi connectivity index (χ4v) is 3.73. The zero-order valence-corrected chi connectivity index (χ0v) is 15.8. The summed E-state index contributed by atoms with van der Waals surface area (Å²) >= 11 is 3.51. The van der Waals surface area contributed by atoms with Crippen LogP contribution in [0.2, 0.25) is 0 Å². The molecule has 2 N–H and O–H groups in total. The first-order valence-electron chi connectivity index (χ1n) is 8.35. The highest BCUT2D eigenvalue weighted by Crippen LogP contribution is 2.40. The van der Waals surface area contributed by atoms with Crippen LogP contribution in [0.3, 0.4) is 0 Å². The summed E-state index contributed by atoms with van der Waals surface area (Å²) < 4.78 is 6.40. The Morgan fingerprint density at radius 2 is 2.09 bits per heavy atom. The van der Waals surface area contributed by atoms with Crippen LogP contribution in [0.1, 0.15) is 37.7 Å². The SMILES string of the molecule is CN=C(NCc1cccc(Br)c1)NCC1(CCOC)CCCC1. The largest absolute Gasteiger partial charge is 0.385 e. The Labute approximate surface area is 148 Å². The van der Waals surface area contributed by atoms with Crippen LogP contribution in [-0.4, -0.2) is 33.3 Å². The molecular formula is C18H28BrN3O. The third-order valence-electron chi connectivity index (χ3n) is 4.70. The van der Waals surface area contributed by atoms with Crippen molar-refractivity contribution in [3.05, 3.63) is 34.3 Å². The van der Waals surface area contributed by atoms with Crippen molar-refractivity contribution in [3.8, 4) is 0 Å². The molecule has 0 unspecified atom stereocenters. The van der Waals surface area contributed by atoms with Gasteiger partial charge >= 0.3 is 0 Å². The Bertz CT molecular complexity index is 513. The van der Waals surface area contributed by atoms with Crippen LogP contribution >= 0.6 is 15.9 Å². The van der Waals surface area contributed by atoms with Crippen LogP contribution in [0.25, 0.3) is 0 Å². The first-order valence-corrected chi connectivity index (χ1v) is 9.15. The van der Waals surface area contributed by atoms with Crippen molar-refractivity contribution in [2.45, 2.75) is 38.6 Å². The van der Waals surface area contributed by atoms with E-state index in [1.54, 1.807) is 7.11 Å². The summed E-state index contributed by atoms with van der Waals surface area (Å²) in [5.74, 6) is 0.869. The molecule has 0 saturated heterocycles. The minimum atomic E-state index is 0.364. The third kappa shape index (κ3) is 5.81. The van der Waals surface area contributed by atoms with Gasteiger partial charge in [0, 0.05) is 38.3 Å². The molecule has 2 rings (SSSR count). The highest BCUT2D eigenvalue weighted by atomic mass is 79.9. The highest BCUT2D eigenvalue weighted by molar-refractivity contribution is 9.10. The summed E-state index contributed by atoms with van der Waals surface area (Å²) in [5.41, 5.74) is 1.60. The molecule has 1 aliphatic carbocycles. The van der Waals surface area contributed by atoms with Crippen LogP contribution < -0.4 is 10.6 Å². The molecule has 1 aromatic rings. The van der Waals surface area contributed by atoms with E-state index in [9.17, 15) is 0 Å². The third-order valence-corrected chi connectivity index (χ3v) is 5.20. The number of guanidine groups is 1. The molecule has 4 nitrogen and oxygen atoms in total. The predicted octanol–water partition coefficient (Wildman–Crippen LogP) is 3.71. The smallest absolute Gasteiger partial charge is 0.191 e. The second-order valence-corrected chi connectivity index (χ2v) is 7.27. The molecule has 0 aliphatic heterocycles. The molecule has 1 aromatic carbocycles. The van der Waals surface area contributed by atoms with Gasteiger partial charge in [-0.1, -0.05) is 40.9 Å². The second-order valence-electron chi connectivity index (χ2n) is 6.36. The molecule has 5 heteroatoms. The van der Waals surface area contributed by atoms with E-state index in [4.69, 9.17) is 4.74 Å². The number of hydrogen-bond acceptors (Lipinski definition) is 2. The number of nitrogens with zero attached hydrogens (tertiary/aromatic N) is 1. The van der Waals surface area contributed by atoms with E-state index in [0.29, 0.717) is 5.41 Å². The van der Waals surface area contributed by atoms with Gasteiger partial charge in [0.15, 0.2) is 5.96 Å². The number of aliphatic imine (C=N–C) groups is 1. The first-order chi connectivity index (χ1) is 11.2. The lowest BCUT2D eigenvalue weighted by atomic mass is 9.83. The van der Waals surface area contributed by atoms with Crippen molar-refractivity contribution in [1.82, 2.24) is 10.6 Å². The van der Waals surface area contributed by atoms with Gasteiger partial charge in [-0.05, 0) is 42.4 Å². The summed E-state index contributed by atoms with van der Waals surface area (Å²) in [6, 6.07) is 8.32. The van der Waals surface area contributed by atoms with Crippen molar-refractivity contribution in [2.75, 3.05) is 27.3 Å². The van der Waals surface area contributed by atoms with Crippen molar-refractivity contribution < 1.29 is 4.74 Å². The number of benzene rings is 1. The van der Waals surface area contributed by atoms with Gasteiger partial charge in [-0.15, -0.1) is 0 Å². The summed E-state index contributed by atoms with van der Waals surface area (Å²) in [7, 11) is 3.61. The monoisotopic (exact) mass is 381 g/mol. The lowest BCUT2D eigenvalue weighted by Crippen LogP contribution is -2.43. The minimum Gasteiger partial charge on any atom is -0.385 e. The molecule has 1 fully saturated rings. The van der Waals surface area contributed by atoms with Gasteiger partial charge in [0.25, 0.3) is 0 Å². The number of methoxy groups -OCH3 is 1. The molecule has 0 amide bonds. The molecule has 128 valence electrons. The van der Waals surface area contributed by atoms with E-state index in [1.807, 2.05) is 13.1 Å². The molecule has 0 aromatic heterocycles. The molecule has 1 aliphatic rings. The van der Waals surface area contributed by atoms with Crippen LogP contribution in [0.5, 0.6) is 0 Å². The van der Waals surface area contributed by atoms with Crippen molar-refractivity contribution in [1.29, 1.82) is 0 Å². The summed E-state index contributed by atoms with van der Waals surface area (Å²) in [4.78, 5) is 4.35. The van der Waals surface area contributed by atoms with Crippen molar-refractivity contribution in [3.63, 3.8) is 0 Å². The maximum atomic E-state index is 5.30. The summed E-state index contributed by atoms with van der Waals surface area (Å²) in [5, 5.41) is 6.91. The van der Waals surface area contributed by atoms with Gasteiger partial charge in [0.2, 0.25) is 0 Å². The van der Waals surface area contributed by atoms with Crippen LogP contribution in [0.15, 0.2) is 33.7 Å². The van der Waals surface area contributed by atoms with Gasteiger partial charge in [-0.2, -0.15) is 0 Å². The maximum absolute atomic E-state index is 5.30. The fraction of sp³-hybridized carbons (Fsp3) is 0.611. The lowest BCUT2D eigenvalue weighted by molar-refractivity contribution is 0.138. The highest BCUT2D eigenvalue weighted by Gasteiger charge is 2.33. The molecular weight excluding hydrogens is 354 g/mol. The molecule has 0 atom stereocenters. The molecule has 0 spiro atoms. The standard InChI is InChI=1S/C18H28BrN3O/c1-20-17(21-13-15-6-5-7-16(19)12-15)22-14-18(10-11-23-2)8-3-4-9-18/h5-7,12H,3-4,8-11,13-14H2,1-2H3,(H2,20,21,22). The zero-order chi connectivity index (χ0) is 16.5. The van der Waals surface area contributed by atoms with Gasteiger partial charge in [-0.25, -0.2) is 0 Å². The van der Waals surface area contributed by atoms with Gasteiger partial charge < -0.3 is 15.4 Å². The summed E-state index contributed by atoms with van der Waals surface area (Å²) in [6.07, 6.45) is 6.35. The van der Waals surface area contributed by atoms with E-state index in [-0.39, 0.29) is 0 Å². The van der Waals surface area contributed by atoms with Crippen LogP contribution in [-0.2, 0) is 11.3 Å². The van der Waals surface area contributed by atoms with E-state index < -0.39 is 0 Å². The Hall–Kier alpha value is -1.07. The van der Waals surface area contributed by atoms with Gasteiger partial charge in [0.05, 0.1) is 0 Å². The average Bonchev–Trinajstić information content (AvgIpc) is 3.02. The normalized spacial score (nSPS) is 17.3. The van der Waals surface area contributed by atoms with Crippen LogP contribution in [0, 0.1) is 5.41 Å². The number of hydrogen-bond donors (Lipinski definition) is 2. The Balaban J connectivity index is 1.84. The maximum Gasteiger partial charge on any atom is 0.191 e. The topological polar surface area (TPSA) is 45.7 Å². The molecule has 0 bridgehead atoms. The average molecular weight is 382 g/mol. The minimum absolute atomic E-state index is 0.364. The lowest BCUT2D eigenvalue weighted by Gasteiger charge is -2.30. The second kappa shape index (κ2) is 9.28. The number of ether oxygens (including phenoxy) is 1. The van der Waals surface area contributed by atoms with E-state index >= 15 is 0 Å². The van der Waals surface area contributed by atoms with Crippen molar-refractivity contribution >= 4 is 21.9 Å². The molecule has 0 heterocycles. The Kier molecular flexibility index (Phi) is 7.37. The zero-order valence-electron chi connectivity index (χ0n) is 14.2. The van der Waals surface area contributed by atoms with E-state index in [1.165, 1.54) is 31.2 Å². The van der Waals surface area contributed by atoms with E-state index in [2.05, 4.69) is 49.8 Å². The van der Waals surface area contributed by atoms with Gasteiger partial charge in [0.1, 0.15) is 0 Å². The molecule has 0 radical (unpaired) electrons. The first kappa shape index (κ1) is 18.3. The Morgan fingerprint density at radius 1 is 1.30 bits per heavy atom. The van der Waals surface area contributed by atoms with Gasteiger partial charge in [-0.3, -0.25) is 4.99 Å². The quantitative estimate of drug-likeness (QED) is 0.558. The molecule has 1 saturated carbocycles. The number of nitrogens with one attached hydrogen (secondary N) is 2. The summed E-state index contributed by atoms with van der Waals surface area (Å²) in [6.45, 7) is 2.57. The molecule has 23 heavy (non-hydrogen) atoms. The van der Waals surface area contributed by atoms with Crippen LogP contribution in [0.4, 0.5) is 0 Å². The predicted molar refractivity (Wildman–Crippen MR) is 99.7 cm³/mol. The fourth-order valence-electron chi connectivity index (χ4n) is 3.28. The van der Waals surface area contributed by atoms with Crippen molar-refractivity contribution in [2.24, 2.45) is 10.4 Å². The Morgan fingerprint density at radius 3 is 2.74 bits per heavy atom. The van der Waals surface area contributed by atoms with E-state index in [0.717, 1.165) is 36.5 Å². The number of halogens is 1. The number of rotatable bonds is 7.